The van der Waals surface area contributed by atoms with Crippen molar-refractivity contribution in [2.75, 3.05) is 38.0 Å². The molecule has 1 aromatic carbocycles. The van der Waals surface area contributed by atoms with Gasteiger partial charge in [0.2, 0.25) is 11.8 Å². The van der Waals surface area contributed by atoms with E-state index in [1.165, 1.54) is 0 Å². The Morgan fingerprint density at radius 3 is 2.59 bits per heavy atom. The molecule has 2 fully saturated rings. The topological polar surface area (TPSA) is 78.7 Å². The molecule has 0 radical (unpaired) electrons. The Morgan fingerprint density at radius 1 is 1.22 bits per heavy atom. The lowest BCUT2D eigenvalue weighted by Crippen LogP contribution is -2.57. The van der Waals surface area contributed by atoms with Crippen LogP contribution >= 0.6 is 11.6 Å². The molecule has 148 valence electrons. The van der Waals surface area contributed by atoms with E-state index < -0.39 is 5.54 Å². The summed E-state index contributed by atoms with van der Waals surface area (Å²) in [6.07, 6.45) is 3.97. The first-order valence-electron chi connectivity index (χ1n) is 9.71. The van der Waals surface area contributed by atoms with E-state index in [1.807, 2.05) is 24.0 Å². The van der Waals surface area contributed by atoms with Crippen molar-refractivity contribution in [1.29, 1.82) is 0 Å². The van der Waals surface area contributed by atoms with Crippen LogP contribution < -0.4 is 11.1 Å². The SMILES string of the molecule is CC1(N)CCCCC1C(=O)N1CCN(CC(=O)Nc2ccccc2Cl)CC1. The van der Waals surface area contributed by atoms with Crippen LogP contribution in [0.5, 0.6) is 0 Å². The van der Waals surface area contributed by atoms with Crippen LogP contribution in [0, 0.1) is 5.92 Å². The number of nitrogens with two attached hydrogens (primary N) is 1. The lowest BCUT2D eigenvalue weighted by atomic mass is 9.74. The Labute approximate surface area is 166 Å². The van der Waals surface area contributed by atoms with E-state index >= 15 is 0 Å². The van der Waals surface area contributed by atoms with Gasteiger partial charge < -0.3 is 16.0 Å². The lowest BCUT2D eigenvalue weighted by Gasteiger charge is -2.42. The van der Waals surface area contributed by atoms with E-state index in [0.29, 0.717) is 43.4 Å². The number of para-hydroxylation sites is 1. The van der Waals surface area contributed by atoms with Gasteiger partial charge in [-0.2, -0.15) is 0 Å². The quantitative estimate of drug-likeness (QED) is 0.824. The molecular weight excluding hydrogens is 364 g/mol. The summed E-state index contributed by atoms with van der Waals surface area (Å²) >= 11 is 6.08. The molecule has 1 aromatic rings. The molecule has 1 saturated carbocycles. The first kappa shape index (κ1) is 20.1. The number of anilines is 1. The van der Waals surface area contributed by atoms with Crippen molar-refractivity contribution in [3.63, 3.8) is 0 Å². The molecule has 7 heteroatoms. The third-order valence-corrected chi connectivity index (χ3v) is 6.08. The van der Waals surface area contributed by atoms with Gasteiger partial charge in [-0.05, 0) is 31.9 Å². The van der Waals surface area contributed by atoms with Gasteiger partial charge in [0.1, 0.15) is 0 Å². The molecular formula is C20H29ClN4O2. The van der Waals surface area contributed by atoms with Gasteiger partial charge in [0.15, 0.2) is 0 Å². The van der Waals surface area contributed by atoms with Gasteiger partial charge in [-0.15, -0.1) is 0 Å². The average molecular weight is 393 g/mol. The molecule has 2 aliphatic rings. The predicted octanol–water partition coefficient (Wildman–Crippen LogP) is 2.33. The first-order chi connectivity index (χ1) is 12.9. The van der Waals surface area contributed by atoms with Gasteiger partial charge in [-0.1, -0.05) is 36.6 Å². The van der Waals surface area contributed by atoms with Crippen molar-refractivity contribution >= 4 is 29.1 Å². The molecule has 2 unspecified atom stereocenters. The largest absolute Gasteiger partial charge is 0.340 e. The number of hydrogen-bond donors (Lipinski definition) is 2. The summed E-state index contributed by atoms with van der Waals surface area (Å²) in [6.45, 7) is 4.97. The third-order valence-electron chi connectivity index (χ3n) is 5.75. The van der Waals surface area contributed by atoms with Crippen molar-refractivity contribution in [3.05, 3.63) is 29.3 Å². The molecule has 0 bridgehead atoms. The second-order valence-corrected chi connectivity index (χ2v) is 8.34. The van der Waals surface area contributed by atoms with Gasteiger partial charge in [-0.25, -0.2) is 0 Å². The number of rotatable bonds is 4. The summed E-state index contributed by atoms with van der Waals surface area (Å²) in [4.78, 5) is 29.2. The summed E-state index contributed by atoms with van der Waals surface area (Å²) in [5.41, 5.74) is 6.61. The molecule has 1 saturated heterocycles. The highest BCUT2D eigenvalue weighted by atomic mass is 35.5. The van der Waals surface area contributed by atoms with Crippen molar-refractivity contribution < 1.29 is 9.59 Å². The van der Waals surface area contributed by atoms with Gasteiger partial charge in [-0.3, -0.25) is 14.5 Å². The van der Waals surface area contributed by atoms with Gasteiger partial charge in [0.05, 0.1) is 23.2 Å². The number of hydrogen-bond acceptors (Lipinski definition) is 4. The number of nitrogens with one attached hydrogen (secondary N) is 1. The van der Waals surface area contributed by atoms with Crippen LogP contribution in [0.4, 0.5) is 5.69 Å². The Kier molecular flexibility index (Phi) is 6.40. The highest BCUT2D eigenvalue weighted by Gasteiger charge is 2.40. The summed E-state index contributed by atoms with van der Waals surface area (Å²) in [5, 5.41) is 3.37. The normalized spacial score (nSPS) is 26.6. The van der Waals surface area contributed by atoms with E-state index in [0.717, 1.165) is 25.7 Å². The molecule has 0 spiro atoms. The zero-order valence-electron chi connectivity index (χ0n) is 15.9. The van der Waals surface area contributed by atoms with Crippen LogP contribution in [0.3, 0.4) is 0 Å². The number of piperazine rings is 1. The summed E-state index contributed by atoms with van der Waals surface area (Å²) < 4.78 is 0. The summed E-state index contributed by atoms with van der Waals surface area (Å²) in [5.74, 6) is 0.00544. The second kappa shape index (κ2) is 8.59. The van der Waals surface area contributed by atoms with Crippen LogP contribution in [-0.4, -0.2) is 59.9 Å². The van der Waals surface area contributed by atoms with Crippen LogP contribution in [0.1, 0.15) is 32.6 Å². The highest BCUT2D eigenvalue weighted by molar-refractivity contribution is 6.33. The molecule has 1 heterocycles. The molecule has 1 aliphatic heterocycles. The maximum absolute atomic E-state index is 12.9. The van der Waals surface area contributed by atoms with Crippen LogP contribution in [0.25, 0.3) is 0 Å². The third kappa shape index (κ3) is 5.00. The molecule has 0 aromatic heterocycles. The molecule has 27 heavy (non-hydrogen) atoms. The molecule has 2 atom stereocenters. The Balaban J connectivity index is 1.48. The molecule has 3 N–H and O–H groups in total. The molecule has 3 rings (SSSR count). The minimum absolute atomic E-state index is 0.0821. The van der Waals surface area contributed by atoms with Crippen molar-refractivity contribution in [3.8, 4) is 0 Å². The van der Waals surface area contributed by atoms with Gasteiger partial charge >= 0.3 is 0 Å². The van der Waals surface area contributed by atoms with Crippen LogP contribution in [0.2, 0.25) is 5.02 Å². The Bertz CT molecular complexity index is 686. The van der Waals surface area contributed by atoms with Crippen LogP contribution in [-0.2, 0) is 9.59 Å². The zero-order valence-corrected chi connectivity index (χ0v) is 16.7. The maximum Gasteiger partial charge on any atom is 0.238 e. The smallest absolute Gasteiger partial charge is 0.238 e. The van der Waals surface area contributed by atoms with Gasteiger partial charge in [0.25, 0.3) is 0 Å². The van der Waals surface area contributed by atoms with E-state index in [2.05, 4.69) is 10.2 Å². The average Bonchev–Trinajstić information content (AvgIpc) is 2.63. The maximum atomic E-state index is 12.9. The number of halogens is 1. The molecule has 1 aliphatic carbocycles. The minimum atomic E-state index is -0.401. The van der Waals surface area contributed by atoms with Gasteiger partial charge in [0, 0.05) is 31.7 Å². The second-order valence-electron chi connectivity index (χ2n) is 7.93. The Hall–Kier alpha value is -1.63. The summed E-state index contributed by atoms with van der Waals surface area (Å²) in [7, 11) is 0. The predicted molar refractivity (Wildman–Crippen MR) is 108 cm³/mol. The molecule has 2 amide bonds. The van der Waals surface area contributed by atoms with Crippen molar-refractivity contribution in [2.24, 2.45) is 11.7 Å². The highest BCUT2D eigenvalue weighted by Crippen LogP contribution is 2.33. The fraction of sp³-hybridized carbons (Fsp3) is 0.600. The number of carbonyl (C=O) groups excluding carboxylic acids is 2. The number of amides is 2. The number of benzene rings is 1. The monoisotopic (exact) mass is 392 g/mol. The minimum Gasteiger partial charge on any atom is -0.340 e. The standard InChI is InChI=1S/C20H29ClN4O2/c1-20(22)9-5-4-6-15(20)19(27)25-12-10-24(11-13-25)14-18(26)23-17-8-3-2-7-16(17)21/h2-3,7-8,15H,4-6,9-14,22H2,1H3,(H,23,26). The Morgan fingerprint density at radius 2 is 1.93 bits per heavy atom. The van der Waals surface area contributed by atoms with Crippen LogP contribution in [0.15, 0.2) is 24.3 Å². The first-order valence-corrected chi connectivity index (χ1v) is 10.1. The zero-order chi connectivity index (χ0) is 19.4. The van der Waals surface area contributed by atoms with E-state index in [9.17, 15) is 9.59 Å². The van der Waals surface area contributed by atoms with E-state index in [1.54, 1.807) is 12.1 Å². The van der Waals surface area contributed by atoms with E-state index in [4.69, 9.17) is 17.3 Å². The summed E-state index contributed by atoms with van der Waals surface area (Å²) in [6, 6.07) is 7.19. The lowest BCUT2D eigenvalue weighted by molar-refractivity contribution is -0.140. The van der Waals surface area contributed by atoms with E-state index in [-0.39, 0.29) is 17.7 Å². The fourth-order valence-corrected chi connectivity index (χ4v) is 4.25. The number of nitrogens with zero attached hydrogens (tertiary/aromatic N) is 2. The number of carbonyl (C=O) groups is 2. The molecule has 6 nitrogen and oxygen atoms in total. The van der Waals surface area contributed by atoms with Crippen molar-refractivity contribution in [2.45, 2.75) is 38.1 Å². The van der Waals surface area contributed by atoms with Crippen molar-refractivity contribution in [1.82, 2.24) is 9.80 Å². The fourth-order valence-electron chi connectivity index (χ4n) is 4.07.